The van der Waals surface area contributed by atoms with E-state index in [-0.39, 0.29) is 11.7 Å². The van der Waals surface area contributed by atoms with Crippen LogP contribution in [-0.4, -0.2) is 33.0 Å². The molecule has 2 aromatic heterocycles. The molecule has 32 heavy (non-hydrogen) atoms. The predicted octanol–water partition coefficient (Wildman–Crippen LogP) is 4.48. The first-order chi connectivity index (χ1) is 15.4. The number of halogens is 2. The first-order valence-corrected chi connectivity index (χ1v) is 10.7. The van der Waals surface area contributed by atoms with Crippen molar-refractivity contribution in [3.8, 4) is 5.75 Å². The van der Waals surface area contributed by atoms with Crippen molar-refractivity contribution >= 4 is 22.7 Å². The van der Waals surface area contributed by atoms with Crippen molar-refractivity contribution in [1.82, 2.24) is 20.2 Å². The monoisotopic (exact) mass is 439 g/mol. The summed E-state index contributed by atoms with van der Waals surface area (Å²) < 4.78 is 30.8. The van der Waals surface area contributed by atoms with Gasteiger partial charge in [-0.2, -0.15) is 19.0 Å². The topological polar surface area (TPSA) is 81.4 Å². The molecule has 2 fully saturated rings. The summed E-state index contributed by atoms with van der Waals surface area (Å²) >= 11 is 0. The molecule has 2 aliphatic carbocycles. The summed E-state index contributed by atoms with van der Waals surface area (Å²) in [5.41, 5.74) is 7.01. The van der Waals surface area contributed by atoms with Gasteiger partial charge in [0.1, 0.15) is 5.75 Å². The van der Waals surface area contributed by atoms with Crippen molar-refractivity contribution in [3.05, 3.63) is 52.8 Å². The molecule has 5 rings (SSSR count). The van der Waals surface area contributed by atoms with Crippen molar-refractivity contribution in [2.45, 2.75) is 51.1 Å². The summed E-state index contributed by atoms with van der Waals surface area (Å²) in [6, 6.07) is 7.99. The number of carbonyl (C=O) groups is 1. The van der Waals surface area contributed by atoms with E-state index in [1.807, 2.05) is 13.1 Å². The maximum atomic E-state index is 13.2. The number of hydrazone groups is 1. The Kier molecular flexibility index (Phi) is 5.11. The lowest BCUT2D eigenvalue weighted by atomic mass is 10.1. The third-order valence-electron chi connectivity index (χ3n) is 5.87. The lowest BCUT2D eigenvalue weighted by Crippen LogP contribution is -2.20. The van der Waals surface area contributed by atoms with E-state index in [9.17, 15) is 13.6 Å². The molecule has 0 aliphatic heterocycles. The Balaban J connectivity index is 1.43. The van der Waals surface area contributed by atoms with Crippen molar-refractivity contribution in [3.63, 3.8) is 0 Å². The molecule has 0 saturated heterocycles. The maximum absolute atomic E-state index is 13.2. The highest BCUT2D eigenvalue weighted by molar-refractivity contribution is 6.08. The average Bonchev–Trinajstić information content (AvgIpc) is 3.69. The van der Waals surface area contributed by atoms with Crippen LogP contribution in [0.15, 0.2) is 35.4 Å². The first kappa shape index (κ1) is 20.5. The Morgan fingerprint density at radius 2 is 1.88 bits per heavy atom. The molecule has 2 aliphatic rings. The molecule has 0 spiro atoms. The molecular formula is C23H23F2N5O2. The minimum absolute atomic E-state index is 0.0663. The predicted molar refractivity (Wildman–Crippen MR) is 115 cm³/mol. The zero-order chi connectivity index (χ0) is 22.4. The Bertz CT molecular complexity index is 1210. The minimum atomic E-state index is -2.87. The van der Waals surface area contributed by atoms with Crippen LogP contribution in [0, 0.1) is 0 Å². The van der Waals surface area contributed by atoms with Gasteiger partial charge in [0.05, 0.1) is 22.4 Å². The van der Waals surface area contributed by atoms with Crippen LogP contribution in [0.1, 0.15) is 71.8 Å². The van der Waals surface area contributed by atoms with E-state index in [4.69, 9.17) is 4.98 Å². The highest BCUT2D eigenvalue weighted by Crippen LogP contribution is 2.45. The van der Waals surface area contributed by atoms with Crippen LogP contribution < -0.4 is 10.2 Å². The minimum Gasteiger partial charge on any atom is -0.435 e. The van der Waals surface area contributed by atoms with Gasteiger partial charge < -0.3 is 4.74 Å². The van der Waals surface area contributed by atoms with Crippen LogP contribution in [-0.2, 0) is 7.05 Å². The van der Waals surface area contributed by atoms with E-state index in [0.29, 0.717) is 28.7 Å². The van der Waals surface area contributed by atoms with Crippen molar-refractivity contribution < 1.29 is 18.3 Å². The molecule has 3 aromatic rings. The number of pyridine rings is 1. The van der Waals surface area contributed by atoms with Gasteiger partial charge in [0.15, 0.2) is 5.65 Å². The third-order valence-corrected chi connectivity index (χ3v) is 5.87. The number of amides is 1. The molecule has 2 heterocycles. The smallest absolute Gasteiger partial charge is 0.387 e. The molecular weight excluding hydrogens is 416 g/mol. The number of nitrogens with one attached hydrogen (secondary N) is 1. The van der Waals surface area contributed by atoms with Crippen LogP contribution in [0.4, 0.5) is 8.78 Å². The number of hydrogen-bond acceptors (Lipinski definition) is 5. The first-order valence-electron chi connectivity index (χ1n) is 10.7. The van der Waals surface area contributed by atoms with Crippen LogP contribution in [0.5, 0.6) is 5.75 Å². The molecule has 2 saturated carbocycles. The number of rotatable bonds is 7. The van der Waals surface area contributed by atoms with Gasteiger partial charge in [-0.3, -0.25) is 9.48 Å². The maximum Gasteiger partial charge on any atom is 0.387 e. The second-order valence-corrected chi connectivity index (χ2v) is 8.39. The van der Waals surface area contributed by atoms with E-state index in [0.717, 1.165) is 48.1 Å². The van der Waals surface area contributed by atoms with Crippen molar-refractivity contribution in [2.24, 2.45) is 12.1 Å². The normalized spacial score (nSPS) is 16.6. The molecule has 7 nitrogen and oxygen atoms in total. The van der Waals surface area contributed by atoms with Crippen LogP contribution in [0.25, 0.3) is 11.0 Å². The molecule has 1 N–H and O–H groups in total. The fourth-order valence-corrected chi connectivity index (χ4v) is 3.84. The second kappa shape index (κ2) is 7.96. The number of ether oxygens (including phenoxy) is 1. The van der Waals surface area contributed by atoms with Crippen molar-refractivity contribution in [2.75, 3.05) is 0 Å². The van der Waals surface area contributed by atoms with E-state index >= 15 is 0 Å². The summed E-state index contributed by atoms with van der Waals surface area (Å²) in [4.78, 5) is 18.0. The summed E-state index contributed by atoms with van der Waals surface area (Å²) in [6.07, 6.45) is 4.30. The summed E-state index contributed by atoms with van der Waals surface area (Å²) in [6.45, 7) is -1.14. The Hall–Kier alpha value is -3.36. The third kappa shape index (κ3) is 4.06. The highest BCUT2D eigenvalue weighted by Gasteiger charge is 2.33. The number of aryl methyl sites for hydroxylation is 1. The molecule has 1 aromatic carbocycles. The summed E-state index contributed by atoms with van der Waals surface area (Å²) in [5, 5.41) is 9.70. The van der Waals surface area contributed by atoms with Gasteiger partial charge in [-0.25, -0.2) is 10.4 Å². The fraction of sp³-hybridized carbons (Fsp3) is 0.391. The molecule has 0 unspecified atom stereocenters. The largest absolute Gasteiger partial charge is 0.435 e. The van der Waals surface area contributed by atoms with Gasteiger partial charge in [-0.15, -0.1) is 0 Å². The van der Waals surface area contributed by atoms with E-state index in [2.05, 4.69) is 20.4 Å². The summed E-state index contributed by atoms with van der Waals surface area (Å²) in [5.74, 6) is 0.519. The van der Waals surface area contributed by atoms with Gasteiger partial charge in [0.25, 0.3) is 5.91 Å². The number of fused-ring (bicyclic) bond motifs is 1. The SMILES string of the molecule is C/C(=N/NC(=O)c1cc(C2CC2)nc2c1c(C1CC1)nn2C)c1ccc(OC(F)F)cc1. The number of nitrogens with zero attached hydrogens (tertiary/aromatic N) is 4. The zero-order valence-corrected chi connectivity index (χ0v) is 17.8. The molecule has 0 atom stereocenters. The Morgan fingerprint density at radius 1 is 1.19 bits per heavy atom. The molecule has 1 amide bonds. The highest BCUT2D eigenvalue weighted by atomic mass is 19.3. The Labute approximate surface area is 183 Å². The van der Waals surface area contributed by atoms with Gasteiger partial charge in [-0.05, 0) is 68.5 Å². The van der Waals surface area contributed by atoms with Crippen LogP contribution in [0.3, 0.4) is 0 Å². The lowest BCUT2D eigenvalue weighted by molar-refractivity contribution is -0.0498. The van der Waals surface area contributed by atoms with Crippen LogP contribution >= 0.6 is 0 Å². The van der Waals surface area contributed by atoms with Gasteiger partial charge in [0, 0.05) is 24.6 Å². The van der Waals surface area contributed by atoms with E-state index < -0.39 is 6.61 Å². The molecule has 9 heteroatoms. The number of benzene rings is 1. The van der Waals surface area contributed by atoms with Gasteiger partial charge in [-0.1, -0.05) is 0 Å². The zero-order valence-electron chi connectivity index (χ0n) is 17.8. The quantitative estimate of drug-likeness (QED) is 0.435. The summed E-state index contributed by atoms with van der Waals surface area (Å²) in [7, 11) is 1.86. The molecule has 0 radical (unpaired) electrons. The molecule has 166 valence electrons. The number of alkyl halides is 2. The number of hydrogen-bond donors (Lipinski definition) is 1. The second-order valence-electron chi connectivity index (χ2n) is 8.39. The number of aromatic nitrogens is 3. The average molecular weight is 439 g/mol. The van der Waals surface area contributed by atoms with E-state index in [1.54, 1.807) is 23.7 Å². The molecule has 0 bridgehead atoms. The van der Waals surface area contributed by atoms with Crippen molar-refractivity contribution in [1.29, 1.82) is 0 Å². The van der Waals surface area contributed by atoms with Gasteiger partial charge in [0.2, 0.25) is 0 Å². The fourth-order valence-electron chi connectivity index (χ4n) is 3.84. The van der Waals surface area contributed by atoms with Gasteiger partial charge >= 0.3 is 6.61 Å². The standard InChI is InChI=1S/C23H23F2N5O2/c1-12(13-7-9-16(10-8-13)32-23(24)25)27-28-22(31)17-11-18(14-3-4-14)26-21-19(17)20(15-5-6-15)29-30(21)2/h7-11,14-15,23H,3-6H2,1-2H3,(H,28,31)/b27-12-. The van der Waals surface area contributed by atoms with E-state index in [1.165, 1.54) is 12.1 Å². The number of carbonyl (C=O) groups excluding carboxylic acids is 1. The van der Waals surface area contributed by atoms with Crippen LogP contribution in [0.2, 0.25) is 0 Å². The Morgan fingerprint density at radius 3 is 2.50 bits per heavy atom. The lowest BCUT2D eigenvalue weighted by Gasteiger charge is -2.08.